The molecule has 0 saturated carbocycles. The maximum Gasteiger partial charge on any atom is 0.174 e. The van der Waals surface area contributed by atoms with Crippen LogP contribution in [0.25, 0.3) is 0 Å². The molecular formula is C17H16N2OS. The van der Waals surface area contributed by atoms with E-state index in [-0.39, 0.29) is 6.61 Å². The fourth-order valence-corrected chi connectivity index (χ4v) is 3.58. The molecule has 1 atom stereocenters. The lowest BCUT2D eigenvalue weighted by atomic mass is 10.0. The predicted molar refractivity (Wildman–Crippen MR) is 85.7 cm³/mol. The predicted octanol–water partition coefficient (Wildman–Crippen LogP) is 4.24. The summed E-state index contributed by atoms with van der Waals surface area (Å²) in [5.41, 5.74) is 2.45. The summed E-state index contributed by atoms with van der Waals surface area (Å²) >= 11 is 1.92. The van der Waals surface area contributed by atoms with Crippen molar-refractivity contribution in [1.29, 1.82) is 5.26 Å². The Hall–Kier alpha value is -2.12. The van der Waals surface area contributed by atoms with Gasteiger partial charge in [0.1, 0.15) is 11.8 Å². The molecule has 3 rings (SSSR count). The van der Waals surface area contributed by atoms with Crippen molar-refractivity contribution >= 4 is 17.4 Å². The van der Waals surface area contributed by atoms with Crippen LogP contribution in [0, 0.1) is 11.3 Å². The van der Waals surface area contributed by atoms with Crippen LogP contribution in [-0.2, 0) is 0 Å². The molecule has 1 aliphatic heterocycles. The second kappa shape index (κ2) is 6.55. The molecular weight excluding hydrogens is 280 g/mol. The van der Waals surface area contributed by atoms with Crippen molar-refractivity contribution in [2.24, 2.45) is 0 Å². The van der Waals surface area contributed by atoms with Gasteiger partial charge in [0.15, 0.2) is 6.61 Å². The summed E-state index contributed by atoms with van der Waals surface area (Å²) in [6, 6.07) is 18.7. The van der Waals surface area contributed by atoms with Crippen molar-refractivity contribution in [2.45, 2.75) is 17.4 Å². The lowest BCUT2D eigenvalue weighted by molar-refractivity contribution is 0.368. The Labute approximate surface area is 128 Å². The number of nitrogens with one attached hydrogen (secondary N) is 1. The monoisotopic (exact) mass is 296 g/mol. The van der Waals surface area contributed by atoms with E-state index < -0.39 is 0 Å². The smallest absolute Gasteiger partial charge is 0.174 e. The first-order valence-corrected chi connectivity index (χ1v) is 7.93. The molecule has 0 fully saturated rings. The molecule has 0 aliphatic carbocycles. The molecule has 0 radical (unpaired) electrons. The zero-order valence-electron chi connectivity index (χ0n) is 11.6. The molecule has 0 aromatic heterocycles. The molecule has 1 unspecified atom stereocenters. The number of benzene rings is 2. The zero-order valence-corrected chi connectivity index (χ0v) is 12.4. The van der Waals surface area contributed by atoms with Crippen molar-refractivity contribution in [3.63, 3.8) is 0 Å². The van der Waals surface area contributed by atoms with Crippen molar-refractivity contribution in [3.05, 3.63) is 54.1 Å². The standard InChI is InChI=1S/C17H16N2OS/c18-10-11-20-14-7-5-13(6-8-14)19-16-9-12-21-17-4-2-1-3-15(16)17/h1-8,16,19H,9,11-12H2. The second-order valence-corrected chi connectivity index (χ2v) is 5.98. The number of rotatable bonds is 4. The van der Waals surface area contributed by atoms with Crippen molar-refractivity contribution < 1.29 is 4.74 Å². The molecule has 1 N–H and O–H groups in total. The maximum absolute atomic E-state index is 8.50. The molecule has 4 heteroatoms. The maximum atomic E-state index is 8.50. The van der Waals surface area contributed by atoms with E-state index in [2.05, 4.69) is 29.6 Å². The Bertz CT molecular complexity index is 649. The van der Waals surface area contributed by atoms with Gasteiger partial charge >= 0.3 is 0 Å². The molecule has 0 amide bonds. The summed E-state index contributed by atoms with van der Waals surface area (Å²) in [7, 11) is 0. The van der Waals surface area contributed by atoms with E-state index in [1.54, 1.807) is 0 Å². The van der Waals surface area contributed by atoms with Crippen LogP contribution < -0.4 is 10.1 Å². The second-order valence-electron chi connectivity index (χ2n) is 4.84. The normalized spacial score (nSPS) is 16.6. The molecule has 1 heterocycles. The van der Waals surface area contributed by atoms with Crippen LogP contribution in [0.4, 0.5) is 5.69 Å². The van der Waals surface area contributed by atoms with Gasteiger partial charge in [-0.3, -0.25) is 0 Å². The molecule has 2 aromatic carbocycles. The van der Waals surface area contributed by atoms with Crippen LogP contribution >= 0.6 is 11.8 Å². The summed E-state index contributed by atoms with van der Waals surface area (Å²) in [5.74, 6) is 1.86. The van der Waals surface area contributed by atoms with Crippen LogP contribution in [0.15, 0.2) is 53.4 Å². The quantitative estimate of drug-likeness (QED) is 0.916. The van der Waals surface area contributed by atoms with Gasteiger partial charge in [-0.1, -0.05) is 18.2 Å². The van der Waals surface area contributed by atoms with Gasteiger partial charge in [0.2, 0.25) is 0 Å². The zero-order chi connectivity index (χ0) is 14.5. The summed E-state index contributed by atoms with van der Waals surface area (Å²) in [4.78, 5) is 1.37. The van der Waals surface area contributed by atoms with E-state index in [0.29, 0.717) is 6.04 Å². The van der Waals surface area contributed by atoms with Gasteiger partial charge in [0.25, 0.3) is 0 Å². The van der Waals surface area contributed by atoms with E-state index in [0.717, 1.165) is 23.6 Å². The molecule has 2 aromatic rings. The van der Waals surface area contributed by atoms with Gasteiger partial charge in [-0.25, -0.2) is 0 Å². The lowest BCUT2D eigenvalue weighted by Crippen LogP contribution is -2.15. The summed E-state index contributed by atoms with van der Waals surface area (Å²) in [6.45, 7) is 0.0833. The van der Waals surface area contributed by atoms with Crippen molar-refractivity contribution in [2.75, 3.05) is 17.7 Å². The van der Waals surface area contributed by atoms with Crippen molar-refractivity contribution in [1.82, 2.24) is 0 Å². The van der Waals surface area contributed by atoms with Crippen molar-refractivity contribution in [3.8, 4) is 11.8 Å². The largest absolute Gasteiger partial charge is 0.479 e. The van der Waals surface area contributed by atoms with Gasteiger partial charge in [-0.15, -0.1) is 11.8 Å². The number of hydrogen-bond acceptors (Lipinski definition) is 4. The number of fused-ring (bicyclic) bond motifs is 1. The SMILES string of the molecule is N#CCOc1ccc(NC2CCSc3ccccc32)cc1. The summed E-state index contributed by atoms with van der Waals surface area (Å²) in [6.07, 6.45) is 1.12. The number of anilines is 1. The minimum absolute atomic E-state index is 0.0833. The van der Waals surface area contributed by atoms with E-state index in [1.165, 1.54) is 10.5 Å². The molecule has 0 spiro atoms. The van der Waals surface area contributed by atoms with Gasteiger partial charge < -0.3 is 10.1 Å². The van der Waals surface area contributed by atoms with E-state index in [1.807, 2.05) is 42.1 Å². The van der Waals surface area contributed by atoms with Gasteiger partial charge in [-0.05, 0) is 42.3 Å². The third-order valence-electron chi connectivity index (χ3n) is 3.46. The first kappa shape index (κ1) is 13.8. The summed E-state index contributed by atoms with van der Waals surface area (Å²) in [5, 5.41) is 12.1. The van der Waals surface area contributed by atoms with E-state index >= 15 is 0 Å². The van der Waals surface area contributed by atoms with Gasteiger partial charge in [0, 0.05) is 16.3 Å². The Morgan fingerprint density at radius 3 is 2.81 bits per heavy atom. The fourth-order valence-electron chi connectivity index (χ4n) is 2.46. The molecule has 1 aliphatic rings. The van der Waals surface area contributed by atoms with Gasteiger partial charge in [-0.2, -0.15) is 5.26 Å². The average Bonchev–Trinajstić information content (AvgIpc) is 2.55. The van der Waals surface area contributed by atoms with Crippen LogP contribution in [0.3, 0.4) is 0 Å². The first-order valence-electron chi connectivity index (χ1n) is 6.95. The minimum atomic E-state index is 0.0833. The van der Waals surface area contributed by atoms with Crippen LogP contribution in [-0.4, -0.2) is 12.4 Å². The topological polar surface area (TPSA) is 45.0 Å². The number of hydrogen-bond donors (Lipinski definition) is 1. The number of thioether (sulfide) groups is 1. The van der Waals surface area contributed by atoms with Gasteiger partial charge in [0.05, 0.1) is 6.04 Å². The fraction of sp³-hybridized carbons (Fsp3) is 0.235. The van der Waals surface area contributed by atoms with Crippen LogP contribution in [0.5, 0.6) is 5.75 Å². The number of ether oxygens (including phenoxy) is 1. The first-order chi connectivity index (χ1) is 10.4. The van der Waals surface area contributed by atoms with Crippen LogP contribution in [0.1, 0.15) is 18.0 Å². The number of nitriles is 1. The molecule has 0 saturated heterocycles. The minimum Gasteiger partial charge on any atom is -0.479 e. The highest BCUT2D eigenvalue weighted by molar-refractivity contribution is 7.99. The third kappa shape index (κ3) is 3.32. The highest BCUT2D eigenvalue weighted by Crippen LogP contribution is 2.37. The Kier molecular flexibility index (Phi) is 4.32. The Morgan fingerprint density at radius 1 is 1.19 bits per heavy atom. The third-order valence-corrected chi connectivity index (χ3v) is 4.58. The number of nitrogens with zero attached hydrogens (tertiary/aromatic N) is 1. The average molecular weight is 296 g/mol. The molecule has 0 bridgehead atoms. The van der Waals surface area contributed by atoms with Crippen LogP contribution in [0.2, 0.25) is 0 Å². The van der Waals surface area contributed by atoms with E-state index in [4.69, 9.17) is 10.00 Å². The Morgan fingerprint density at radius 2 is 2.00 bits per heavy atom. The Balaban J connectivity index is 1.71. The lowest BCUT2D eigenvalue weighted by Gasteiger charge is -2.26. The molecule has 3 nitrogen and oxygen atoms in total. The molecule has 106 valence electrons. The van der Waals surface area contributed by atoms with E-state index in [9.17, 15) is 0 Å². The highest BCUT2D eigenvalue weighted by Gasteiger charge is 2.19. The highest BCUT2D eigenvalue weighted by atomic mass is 32.2. The molecule has 21 heavy (non-hydrogen) atoms. The summed E-state index contributed by atoms with van der Waals surface area (Å²) < 4.78 is 5.26.